The number of nitrogens with zero attached hydrogens (tertiary/aromatic N) is 1. The zero-order chi connectivity index (χ0) is 16.5. The lowest BCUT2D eigenvalue weighted by atomic mass is 9.82. The smallest absolute Gasteiger partial charge is 0.417 e. The molecule has 0 aromatic carbocycles. The molecule has 0 aromatic rings. The molecule has 6 nitrogen and oxygen atoms in total. The molecule has 0 aromatic heterocycles. The number of carbonyl (C=O) groups excluding carboxylic acids is 3. The lowest BCUT2D eigenvalue weighted by Crippen LogP contribution is -2.47. The van der Waals surface area contributed by atoms with Gasteiger partial charge in [0.05, 0.1) is 12.0 Å². The maximum Gasteiger partial charge on any atom is 0.417 e. The predicted molar refractivity (Wildman–Crippen MR) is 78.9 cm³/mol. The zero-order valence-corrected chi connectivity index (χ0v) is 13.5. The van der Waals surface area contributed by atoms with E-state index in [0.717, 1.165) is 4.90 Å². The number of hydrogen-bond acceptors (Lipinski definition) is 5. The summed E-state index contributed by atoms with van der Waals surface area (Å²) in [4.78, 5) is 38.3. The van der Waals surface area contributed by atoms with E-state index in [0.29, 0.717) is 12.8 Å². The number of esters is 1. The average Bonchev–Trinajstić information content (AvgIpc) is 2.96. The van der Waals surface area contributed by atoms with Crippen molar-refractivity contribution in [1.29, 1.82) is 0 Å². The van der Waals surface area contributed by atoms with Gasteiger partial charge in [-0.15, -0.1) is 0 Å². The van der Waals surface area contributed by atoms with Crippen LogP contribution in [0, 0.1) is 5.41 Å². The van der Waals surface area contributed by atoms with Gasteiger partial charge in [-0.3, -0.25) is 4.79 Å². The second kappa shape index (κ2) is 5.74. The largest absolute Gasteiger partial charge is 0.464 e. The Morgan fingerprint density at radius 3 is 2.41 bits per heavy atom. The van der Waals surface area contributed by atoms with E-state index in [4.69, 9.17) is 9.47 Å². The SMILES string of the molecule is CCOC(=O)[C@@H]1CC2(CC=CC2)C(=O)N1C(=O)OC(C)(C)C. The fraction of sp³-hybridized carbons (Fsp3) is 0.688. The van der Waals surface area contributed by atoms with Crippen molar-refractivity contribution in [3.05, 3.63) is 12.2 Å². The van der Waals surface area contributed by atoms with Crippen LogP contribution < -0.4 is 0 Å². The molecular formula is C16H23NO5. The highest BCUT2D eigenvalue weighted by Crippen LogP contribution is 2.46. The summed E-state index contributed by atoms with van der Waals surface area (Å²) in [6.07, 6.45) is 4.43. The summed E-state index contributed by atoms with van der Waals surface area (Å²) in [5.74, 6) is -0.893. The number of likely N-dealkylation sites (tertiary alicyclic amines) is 1. The zero-order valence-electron chi connectivity index (χ0n) is 13.5. The molecule has 0 N–H and O–H groups in total. The Morgan fingerprint density at radius 1 is 1.32 bits per heavy atom. The number of imide groups is 1. The van der Waals surface area contributed by atoms with Gasteiger partial charge in [-0.25, -0.2) is 14.5 Å². The highest BCUT2D eigenvalue weighted by Gasteiger charge is 2.57. The third-order valence-electron chi connectivity index (χ3n) is 3.90. The monoisotopic (exact) mass is 309 g/mol. The number of amides is 2. The van der Waals surface area contributed by atoms with Crippen LogP contribution in [0.15, 0.2) is 12.2 Å². The maximum atomic E-state index is 12.8. The van der Waals surface area contributed by atoms with Crippen molar-refractivity contribution in [2.45, 2.75) is 58.6 Å². The van der Waals surface area contributed by atoms with Gasteiger partial charge in [0, 0.05) is 0 Å². The summed E-state index contributed by atoms with van der Waals surface area (Å²) in [5.41, 5.74) is -1.44. The van der Waals surface area contributed by atoms with Crippen molar-refractivity contribution in [2.24, 2.45) is 5.41 Å². The summed E-state index contributed by atoms with van der Waals surface area (Å²) in [6, 6.07) is -0.901. The van der Waals surface area contributed by atoms with Crippen molar-refractivity contribution in [2.75, 3.05) is 6.61 Å². The van der Waals surface area contributed by atoms with Crippen LogP contribution in [0.1, 0.15) is 47.0 Å². The van der Waals surface area contributed by atoms with E-state index in [1.54, 1.807) is 27.7 Å². The average molecular weight is 309 g/mol. The van der Waals surface area contributed by atoms with Crippen LogP contribution in [0.5, 0.6) is 0 Å². The molecular weight excluding hydrogens is 286 g/mol. The summed E-state index contributed by atoms with van der Waals surface area (Å²) < 4.78 is 10.3. The first-order chi connectivity index (χ1) is 10.2. The van der Waals surface area contributed by atoms with Gasteiger partial charge in [-0.2, -0.15) is 0 Å². The Hall–Kier alpha value is -1.85. The number of hydrogen-bond donors (Lipinski definition) is 0. The van der Waals surface area contributed by atoms with Crippen molar-refractivity contribution in [3.63, 3.8) is 0 Å². The molecule has 1 saturated heterocycles. The second-order valence-electron chi connectivity index (χ2n) is 6.79. The highest BCUT2D eigenvalue weighted by atomic mass is 16.6. The number of allylic oxidation sites excluding steroid dienone is 2. The van der Waals surface area contributed by atoms with E-state index in [1.807, 2.05) is 12.2 Å². The van der Waals surface area contributed by atoms with Crippen LogP contribution in [0.25, 0.3) is 0 Å². The van der Waals surface area contributed by atoms with Gasteiger partial charge in [0.1, 0.15) is 11.6 Å². The first-order valence-corrected chi connectivity index (χ1v) is 7.58. The Labute approximate surface area is 130 Å². The Balaban J connectivity index is 2.27. The molecule has 0 saturated carbocycles. The first-order valence-electron chi connectivity index (χ1n) is 7.58. The molecule has 2 rings (SSSR count). The van der Waals surface area contributed by atoms with Gasteiger partial charge < -0.3 is 9.47 Å². The van der Waals surface area contributed by atoms with Crippen LogP contribution in [-0.2, 0) is 19.1 Å². The molecule has 1 aliphatic carbocycles. The van der Waals surface area contributed by atoms with Gasteiger partial charge >= 0.3 is 12.1 Å². The predicted octanol–water partition coefficient (Wildman–Crippen LogP) is 2.42. The van der Waals surface area contributed by atoms with Crippen LogP contribution in [0.4, 0.5) is 4.79 Å². The van der Waals surface area contributed by atoms with Crippen molar-refractivity contribution >= 4 is 18.0 Å². The number of ether oxygens (including phenoxy) is 2. The van der Waals surface area contributed by atoms with E-state index in [2.05, 4.69) is 0 Å². The molecule has 22 heavy (non-hydrogen) atoms. The molecule has 0 bridgehead atoms. The van der Waals surface area contributed by atoms with Crippen LogP contribution >= 0.6 is 0 Å². The van der Waals surface area contributed by atoms with Crippen LogP contribution in [0.2, 0.25) is 0 Å². The third kappa shape index (κ3) is 3.00. The van der Waals surface area contributed by atoms with E-state index in [-0.39, 0.29) is 18.9 Å². The molecule has 2 aliphatic rings. The quantitative estimate of drug-likeness (QED) is 0.578. The second-order valence-corrected chi connectivity index (χ2v) is 6.79. The molecule has 1 fully saturated rings. The molecule has 0 unspecified atom stereocenters. The molecule has 122 valence electrons. The normalized spacial score (nSPS) is 23.2. The van der Waals surface area contributed by atoms with Gasteiger partial charge in [-0.1, -0.05) is 12.2 Å². The molecule has 1 atom stereocenters. The molecule has 6 heteroatoms. The fourth-order valence-corrected chi connectivity index (χ4v) is 2.94. The topological polar surface area (TPSA) is 72.9 Å². The van der Waals surface area contributed by atoms with Crippen LogP contribution in [-0.4, -0.2) is 41.1 Å². The van der Waals surface area contributed by atoms with E-state index in [9.17, 15) is 14.4 Å². The first kappa shape index (κ1) is 16.5. The minimum Gasteiger partial charge on any atom is -0.464 e. The minimum absolute atomic E-state index is 0.205. The van der Waals surface area contributed by atoms with Crippen molar-refractivity contribution < 1.29 is 23.9 Å². The van der Waals surface area contributed by atoms with E-state index >= 15 is 0 Å². The molecule has 1 aliphatic heterocycles. The lowest BCUT2D eigenvalue weighted by molar-refractivity contribution is -0.151. The number of rotatable bonds is 2. The Morgan fingerprint density at radius 2 is 1.91 bits per heavy atom. The highest BCUT2D eigenvalue weighted by molar-refractivity contribution is 6.03. The fourth-order valence-electron chi connectivity index (χ4n) is 2.94. The van der Waals surface area contributed by atoms with Gasteiger partial charge in [0.2, 0.25) is 5.91 Å². The molecule has 1 spiro atoms. The molecule has 0 radical (unpaired) electrons. The third-order valence-corrected chi connectivity index (χ3v) is 3.90. The van der Waals surface area contributed by atoms with Gasteiger partial charge in [0.15, 0.2) is 0 Å². The summed E-state index contributed by atoms with van der Waals surface area (Å²) >= 11 is 0. The summed E-state index contributed by atoms with van der Waals surface area (Å²) in [6.45, 7) is 7.06. The lowest BCUT2D eigenvalue weighted by Gasteiger charge is -2.27. The molecule has 1 heterocycles. The Bertz CT molecular complexity index is 509. The van der Waals surface area contributed by atoms with Crippen molar-refractivity contribution in [3.8, 4) is 0 Å². The van der Waals surface area contributed by atoms with Gasteiger partial charge in [0.25, 0.3) is 0 Å². The van der Waals surface area contributed by atoms with E-state index < -0.39 is 29.1 Å². The summed E-state index contributed by atoms with van der Waals surface area (Å²) in [7, 11) is 0. The molecule has 2 amide bonds. The number of carbonyl (C=O) groups is 3. The van der Waals surface area contributed by atoms with E-state index in [1.165, 1.54) is 0 Å². The van der Waals surface area contributed by atoms with Gasteiger partial charge in [-0.05, 0) is 47.0 Å². The van der Waals surface area contributed by atoms with Crippen molar-refractivity contribution in [1.82, 2.24) is 4.90 Å². The maximum absolute atomic E-state index is 12.8. The summed E-state index contributed by atoms with van der Waals surface area (Å²) in [5, 5.41) is 0. The Kier molecular flexibility index (Phi) is 4.31. The standard InChI is InChI=1S/C16H23NO5/c1-5-21-12(18)11-10-16(8-6-7-9-16)13(19)17(11)14(20)22-15(2,3)4/h6-7,11H,5,8-10H2,1-4H3/t11-/m0/s1. The minimum atomic E-state index is -0.901. The van der Waals surface area contributed by atoms with Crippen LogP contribution in [0.3, 0.4) is 0 Å².